The SMILES string of the molecule is Cc1c(F)c(C#CC(=O)O)c(F)c(F)c1C#CC(=O)O. The Labute approximate surface area is 110 Å². The first-order valence-electron chi connectivity index (χ1n) is 4.92. The van der Waals surface area contributed by atoms with E-state index in [1.165, 1.54) is 11.8 Å². The van der Waals surface area contributed by atoms with Gasteiger partial charge in [0.15, 0.2) is 11.6 Å². The molecule has 1 aromatic rings. The van der Waals surface area contributed by atoms with Crippen LogP contribution in [-0.4, -0.2) is 22.2 Å². The lowest BCUT2D eigenvalue weighted by Gasteiger charge is -2.06. The molecule has 0 saturated carbocycles. The van der Waals surface area contributed by atoms with E-state index in [1.54, 1.807) is 11.8 Å². The number of benzene rings is 1. The van der Waals surface area contributed by atoms with E-state index in [2.05, 4.69) is 0 Å². The van der Waals surface area contributed by atoms with Gasteiger partial charge in [-0.2, -0.15) is 0 Å². The predicted octanol–water partition coefficient (Wildman–Crippen LogP) is 1.28. The first kappa shape index (κ1) is 15.1. The fourth-order valence-corrected chi connectivity index (χ4v) is 1.27. The molecule has 4 nitrogen and oxygen atoms in total. The van der Waals surface area contributed by atoms with Crippen LogP contribution in [0.2, 0.25) is 0 Å². The van der Waals surface area contributed by atoms with Crippen LogP contribution < -0.4 is 0 Å². The molecule has 0 aliphatic rings. The molecule has 0 aromatic heterocycles. The molecule has 2 N–H and O–H groups in total. The Kier molecular flexibility index (Phi) is 4.39. The molecular formula is C13H5F3O4. The first-order chi connectivity index (χ1) is 9.25. The van der Waals surface area contributed by atoms with Gasteiger partial charge in [-0.05, 0) is 12.8 Å². The molecule has 20 heavy (non-hydrogen) atoms. The van der Waals surface area contributed by atoms with Crippen LogP contribution in [0.3, 0.4) is 0 Å². The molecule has 0 spiro atoms. The number of hydrogen-bond donors (Lipinski definition) is 2. The Morgan fingerprint density at radius 1 is 0.850 bits per heavy atom. The smallest absolute Gasteiger partial charge is 0.382 e. The van der Waals surface area contributed by atoms with Gasteiger partial charge in [-0.3, -0.25) is 0 Å². The minimum Gasteiger partial charge on any atom is -0.472 e. The molecule has 0 unspecified atom stereocenters. The zero-order valence-corrected chi connectivity index (χ0v) is 9.84. The first-order valence-corrected chi connectivity index (χ1v) is 4.92. The average Bonchev–Trinajstić information content (AvgIpc) is 2.35. The summed E-state index contributed by atoms with van der Waals surface area (Å²) in [5, 5.41) is 16.6. The number of aliphatic carboxylic acids is 2. The maximum absolute atomic E-state index is 13.8. The number of rotatable bonds is 0. The molecule has 0 fully saturated rings. The average molecular weight is 282 g/mol. The van der Waals surface area contributed by atoms with Gasteiger partial charge in [0.1, 0.15) is 5.82 Å². The zero-order valence-electron chi connectivity index (χ0n) is 9.84. The van der Waals surface area contributed by atoms with Crippen molar-refractivity contribution in [3.05, 3.63) is 34.1 Å². The van der Waals surface area contributed by atoms with Crippen molar-refractivity contribution in [2.45, 2.75) is 6.92 Å². The summed E-state index contributed by atoms with van der Waals surface area (Å²) < 4.78 is 40.9. The second-order valence-corrected chi connectivity index (χ2v) is 3.43. The topological polar surface area (TPSA) is 74.6 Å². The second kappa shape index (κ2) is 5.81. The molecule has 1 aromatic carbocycles. The van der Waals surface area contributed by atoms with Gasteiger partial charge in [-0.15, -0.1) is 0 Å². The maximum Gasteiger partial charge on any atom is 0.382 e. The van der Waals surface area contributed by atoms with Crippen molar-refractivity contribution < 1.29 is 33.0 Å². The van der Waals surface area contributed by atoms with Gasteiger partial charge in [-0.25, -0.2) is 22.8 Å². The van der Waals surface area contributed by atoms with E-state index in [-0.39, 0.29) is 0 Å². The molecule has 0 aliphatic heterocycles. The largest absolute Gasteiger partial charge is 0.472 e. The lowest BCUT2D eigenvalue weighted by molar-refractivity contribution is -0.131. The van der Waals surface area contributed by atoms with E-state index in [0.717, 1.165) is 6.92 Å². The molecule has 7 heteroatoms. The number of carboxylic acid groups (broad SMARTS) is 2. The molecule has 0 radical (unpaired) electrons. The molecule has 0 saturated heterocycles. The third kappa shape index (κ3) is 3.09. The van der Waals surface area contributed by atoms with Crippen molar-refractivity contribution in [2.75, 3.05) is 0 Å². The highest BCUT2D eigenvalue weighted by Crippen LogP contribution is 2.23. The van der Waals surface area contributed by atoms with Crippen molar-refractivity contribution >= 4 is 11.9 Å². The quantitative estimate of drug-likeness (QED) is 0.555. The highest BCUT2D eigenvalue weighted by molar-refractivity contribution is 5.88. The Morgan fingerprint density at radius 2 is 1.25 bits per heavy atom. The Balaban J connectivity index is 3.60. The van der Waals surface area contributed by atoms with E-state index < -0.39 is 46.1 Å². The molecule has 0 bridgehead atoms. The summed E-state index contributed by atoms with van der Waals surface area (Å²) in [6.45, 7) is 1.04. The molecular weight excluding hydrogens is 277 g/mol. The summed E-state index contributed by atoms with van der Waals surface area (Å²) in [7, 11) is 0. The van der Waals surface area contributed by atoms with Crippen LogP contribution in [0.15, 0.2) is 0 Å². The maximum atomic E-state index is 13.8. The number of hydrogen-bond acceptors (Lipinski definition) is 2. The summed E-state index contributed by atoms with van der Waals surface area (Å²) in [5.74, 6) is -1.43. The number of carboxylic acids is 2. The third-order valence-electron chi connectivity index (χ3n) is 2.14. The van der Waals surface area contributed by atoms with E-state index in [1.807, 2.05) is 0 Å². The van der Waals surface area contributed by atoms with Crippen molar-refractivity contribution in [3.63, 3.8) is 0 Å². The molecule has 102 valence electrons. The van der Waals surface area contributed by atoms with Gasteiger partial charge >= 0.3 is 11.9 Å². The minimum absolute atomic E-state index is 0.465. The number of halogens is 3. The highest BCUT2D eigenvalue weighted by Gasteiger charge is 2.21. The summed E-state index contributed by atoms with van der Waals surface area (Å²) in [6, 6.07) is 0. The van der Waals surface area contributed by atoms with Crippen LogP contribution in [0.1, 0.15) is 16.7 Å². The Bertz CT molecular complexity index is 638. The summed E-state index contributed by atoms with van der Waals surface area (Å²) in [6.07, 6.45) is 0. The molecule has 1 rings (SSSR count). The monoisotopic (exact) mass is 282 g/mol. The summed E-state index contributed by atoms with van der Waals surface area (Å²) in [5.41, 5.74) is -2.28. The normalized spacial score (nSPS) is 9.00. The second-order valence-electron chi connectivity index (χ2n) is 3.43. The van der Waals surface area contributed by atoms with Gasteiger partial charge in [0, 0.05) is 17.4 Å². The van der Waals surface area contributed by atoms with Gasteiger partial charge in [0.05, 0.1) is 11.1 Å². The standard InChI is InChI=1S/C13H5F3O4/c1-6-7(2-4-9(17)18)12(15)13(16)8(11(6)14)3-5-10(19)20/h1H3,(H,17,18)(H,19,20). The van der Waals surface area contributed by atoms with Crippen LogP contribution in [0.5, 0.6) is 0 Å². The van der Waals surface area contributed by atoms with Crippen LogP contribution in [0, 0.1) is 48.1 Å². The van der Waals surface area contributed by atoms with E-state index in [9.17, 15) is 22.8 Å². The van der Waals surface area contributed by atoms with Gasteiger partial charge in [-0.1, -0.05) is 5.92 Å². The lowest BCUT2D eigenvalue weighted by Crippen LogP contribution is -2.04. The van der Waals surface area contributed by atoms with Crippen molar-refractivity contribution in [1.29, 1.82) is 0 Å². The highest BCUT2D eigenvalue weighted by atomic mass is 19.2. The van der Waals surface area contributed by atoms with Crippen LogP contribution in [0.25, 0.3) is 0 Å². The zero-order chi connectivity index (χ0) is 15.4. The Morgan fingerprint density at radius 3 is 1.70 bits per heavy atom. The fourth-order valence-electron chi connectivity index (χ4n) is 1.27. The van der Waals surface area contributed by atoms with Gasteiger partial charge < -0.3 is 10.2 Å². The number of carbonyl (C=O) groups is 2. The summed E-state index contributed by atoms with van der Waals surface area (Å²) >= 11 is 0. The fraction of sp³-hybridized carbons (Fsp3) is 0.0769. The van der Waals surface area contributed by atoms with E-state index in [4.69, 9.17) is 10.2 Å². The molecule has 0 amide bonds. The molecule has 0 aliphatic carbocycles. The van der Waals surface area contributed by atoms with Crippen molar-refractivity contribution in [3.8, 4) is 23.7 Å². The molecule has 0 heterocycles. The van der Waals surface area contributed by atoms with Crippen LogP contribution in [0.4, 0.5) is 13.2 Å². The van der Waals surface area contributed by atoms with Crippen molar-refractivity contribution in [1.82, 2.24) is 0 Å². The lowest BCUT2D eigenvalue weighted by atomic mass is 10.0. The van der Waals surface area contributed by atoms with Crippen molar-refractivity contribution in [2.24, 2.45) is 0 Å². The van der Waals surface area contributed by atoms with E-state index >= 15 is 0 Å². The van der Waals surface area contributed by atoms with E-state index in [0.29, 0.717) is 0 Å². The van der Waals surface area contributed by atoms with Gasteiger partial charge in [0.2, 0.25) is 0 Å². The van der Waals surface area contributed by atoms with Gasteiger partial charge in [0.25, 0.3) is 0 Å². The minimum atomic E-state index is -1.73. The molecule has 0 atom stereocenters. The summed E-state index contributed by atoms with van der Waals surface area (Å²) in [4.78, 5) is 20.4. The Hall–Kier alpha value is -2.93. The predicted molar refractivity (Wildman–Crippen MR) is 60.1 cm³/mol. The van der Waals surface area contributed by atoms with Crippen LogP contribution >= 0.6 is 0 Å². The van der Waals surface area contributed by atoms with Crippen LogP contribution in [-0.2, 0) is 9.59 Å². The third-order valence-corrected chi connectivity index (χ3v) is 2.14.